The Bertz CT molecular complexity index is 1510. The first-order valence-corrected chi connectivity index (χ1v) is 11.1. The van der Waals surface area contributed by atoms with Crippen molar-refractivity contribution in [1.29, 1.82) is 0 Å². The van der Waals surface area contributed by atoms with Gasteiger partial charge in [-0.2, -0.15) is 0 Å². The predicted octanol–water partition coefficient (Wildman–Crippen LogP) is 5.21. The molecule has 0 saturated carbocycles. The number of hydrogen-bond acceptors (Lipinski definition) is 6. The van der Waals surface area contributed by atoms with Crippen LogP contribution in [0, 0.1) is 0 Å². The Morgan fingerprint density at radius 3 is 2.55 bits per heavy atom. The normalized spacial score (nSPS) is 11.1. The number of nitrogen functional groups attached to an aromatic ring is 1. The van der Waals surface area contributed by atoms with Gasteiger partial charge in [0.15, 0.2) is 0 Å². The van der Waals surface area contributed by atoms with E-state index < -0.39 is 6.03 Å². The number of nitrogens with zero attached hydrogens (tertiary/aromatic N) is 5. The lowest BCUT2D eigenvalue weighted by molar-refractivity contribution is 0.256. The molecule has 3 heterocycles. The Morgan fingerprint density at radius 1 is 1.06 bits per heavy atom. The Kier molecular flexibility index (Phi) is 5.20. The minimum Gasteiger partial charge on any atom is -0.383 e. The summed E-state index contributed by atoms with van der Waals surface area (Å²) in [5.74, 6) is 0.437. The van der Waals surface area contributed by atoms with Crippen molar-refractivity contribution in [3.63, 3.8) is 0 Å². The van der Waals surface area contributed by atoms with Crippen molar-refractivity contribution in [3.05, 3.63) is 72.3 Å². The average Bonchev–Trinajstić information content (AvgIpc) is 3.38. The van der Waals surface area contributed by atoms with Crippen LogP contribution in [0.2, 0.25) is 5.02 Å². The molecule has 0 atom stereocenters. The molecule has 10 heteroatoms. The quantitative estimate of drug-likeness (QED) is 0.370. The van der Waals surface area contributed by atoms with Crippen LogP contribution in [0.25, 0.3) is 32.0 Å². The second-order valence-corrected chi connectivity index (χ2v) is 8.81. The molecule has 0 radical (unpaired) electrons. The third kappa shape index (κ3) is 3.77. The van der Waals surface area contributed by atoms with Gasteiger partial charge >= 0.3 is 6.03 Å². The van der Waals surface area contributed by atoms with Crippen LogP contribution in [0.3, 0.4) is 0 Å². The summed E-state index contributed by atoms with van der Waals surface area (Å²) in [6, 6.07) is 15.8. The molecule has 2 aromatic carbocycles. The second kappa shape index (κ2) is 8.19. The molecule has 0 aliphatic rings. The van der Waals surface area contributed by atoms with Gasteiger partial charge in [-0.3, -0.25) is 4.90 Å². The molecule has 0 fully saturated rings. The molecule has 164 valence electrons. The summed E-state index contributed by atoms with van der Waals surface area (Å²) in [6.45, 7) is 0. The number of aryl methyl sites for hydroxylation is 1. The molecule has 33 heavy (non-hydrogen) atoms. The van der Waals surface area contributed by atoms with Gasteiger partial charge in [0.05, 0.1) is 39.4 Å². The van der Waals surface area contributed by atoms with Crippen molar-refractivity contribution in [2.24, 2.45) is 12.8 Å². The Morgan fingerprint density at radius 2 is 1.82 bits per heavy atom. The summed E-state index contributed by atoms with van der Waals surface area (Å²) in [6.07, 6.45) is 3.21. The summed E-state index contributed by atoms with van der Waals surface area (Å²) in [5.41, 5.74) is 15.4. The lowest BCUT2D eigenvalue weighted by Crippen LogP contribution is -2.31. The minimum absolute atomic E-state index is 0.437. The van der Waals surface area contributed by atoms with Gasteiger partial charge in [0, 0.05) is 17.6 Å². The monoisotopic (exact) mass is 475 g/mol. The zero-order valence-corrected chi connectivity index (χ0v) is 19.0. The number of nitrogens with two attached hydrogens (primary N) is 2. The molecule has 5 rings (SSSR count). The smallest absolute Gasteiger partial charge is 0.323 e. The molecule has 0 aliphatic carbocycles. The third-order valence-corrected chi connectivity index (χ3v) is 6.48. The van der Waals surface area contributed by atoms with Crippen LogP contribution in [-0.2, 0) is 7.05 Å². The molecule has 0 aliphatic heterocycles. The van der Waals surface area contributed by atoms with E-state index in [0.717, 1.165) is 32.0 Å². The predicted molar refractivity (Wildman–Crippen MR) is 133 cm³/mol. The van der Waals surface area contributed by atoms with Gasteiger partial charge in [-0.05, 0) is 36.4 Å². The number of fused-ring (bicyclic) bond motifs is 1. The lowest BCUT2D eigenvalue weighted by atomic mass is 10.1. The number of benzene rings is 2. The van der Waals surface area contributed by atoms with E-state index in [9.17, 15) is 4.79 Å². The summed E-state index contributed by atoms with van der Waals surface area (Å²) in [4.78, 5) is 28.6. The number of thiophene rings is 1. The number of amides is 2. The number of urea groups is 1. The topological polar surface area (TPSA) is 116 Å². The molecule has 5 aromatic rings. The number of imidazole rings is 1. The van der Waals surface area contributed by atoms with E-state index in [0.29, 0.717) is 22.2 Å². The maximum Gasteiger partial charge on any atom is 0.323 e. The van der Waals surface area contributed by atoms with Crippen LogP contribution < -0.4 is 16.4 Å². The molecule has 0 saturated heterocycles. The SMILES string of the molecule is Cn1cnc(-c2cccc(N(C(N)=O)c3cccc(Cl)c3)c2)c1-c1cc2c(N)ncnc2s1. The summed E-state index contributed by atoms with van der Waals surface area (Å²) < 4.78 is 1.94. The van der Waals surface area contributed by atoms with Gasteiger partial charge < -0.3 is 16.0 Å². The van der Waals surface area contributed by atoms with Crippen molar-refractivity contribution in [3.8, 4) is 21.8 Å². The molecule has 3 aromatic heterocycles. The van der Waals surface area contributed by atoms with E-state index in [-0.39, 0.29) is 0 Å². The van der Waals surface area contributed by atoms with Gasteiger partial charge in [0.1, 0.15) is 17.0 Å². The molecule has 4 N–H and O–H groups in total. The van der Waals surface area contributed by atoms with Crippen molar-refractivity contribution in [1.82, 2.24) is 19.5 Å². The zero-order chi connectivity index (χ0) is 23.1. The van der Waals surface area contributed by atoms with Crippen LogP contribution in [-0.4, -0.2) is 25.6 Å². The van der Waals surface area contributed by atoms with E-state index in [4.69, 9.17) is 23.1 Å². The summed E-state index contributed by atoms with van der Waals surface area (Å²) in [7, 11) is 1.93. The maximum absolute atomic E-state index is 12.3. The van der Waals surface area contributed by atoms with Gasteiger partial charge in [0.2, 0.25) is 0 Å². The molecule has 0 spiro atoms. The average molecular weight is 476 g/mol. The summed E-state index contributed by atoms with van der Waals surface area (Å²) >= 11 is 7.65. The largest absolute Gasteiger partial charge is 0.383 e. The number of rotatable bonds is 4. The number of aromatic nitrogens is 4. The van der Waals surface area contributed by atoms with Crippen LogP contribution in [0.15, 0.2) is 67.3 Å². The van der Waals surface area contributed by atoms with Gasteiger partial charge in [0.25, 0.3) is 0 Å². The first kappa shape index (κ1) is 20.9. The number of primary amides is 1. The highest BCUT2D eigenvalue weighted by molar-refractivity contribution is 7.21. The van der Waals surface area contributed by atoms with E-state index >= 15 is 0 Å². The fourth-order valence-electron chi connectivity index (χ4n) is 3.73. The number of halogens is 1. The van der Waals surface area contributed by atoms with Crippen molar-refractivity contribution < 1.29 is 4.79 Å². The van der Waals surface area contributed by atoms with Crippen LogP contribution in [0.4, 0.5) is 22.0 Å². The van der Waals surface area contributed by atoms with Crippen LogP contribution in [0.5, 0.6) is 0 Å². The van der Waals surface area contributed by atoms with E-state index in [1.807, 2.05) is 41.9 Å². The second-order valence-electron chi connectivity index (χ2n) is 7.34. The minimum atomic E-state index is -0.616. The van der Waals surface area contributed by atoms with Gasteiger partial charge in [-0.25, -0.2) is 19.7 Å². The van der Waals surface area contributed by atoms with Gasteiger partial charge in [-0.15, -0.1) is 11.3 Å². The standard InChI is InChI=1S/C23H18ClN7OS/c1-30-12-29-19(20(30)18-10-17-21(25)27-11-28-22(17)33-18)13-4-2-6-15(8-13)31(23(26)32)16-7-3-5-14(24)9-16/h2-12H,1H3,(H2,26,32)(H2,25,27,28). The fraction of sp³-hybridized carbons (Fsp3) is 0.0435. The Hall–Kier alpha value is -3.95. The molecular weight excluding hydrogens is 458 g/mol. The highest BCUT2D eigenvalue weighted by Gasteiger charge is 2.20. The Labute approximate surface area is 198 Å². The first-order valence-electron chi connectivity index (χ1n) is 9.89. The number of hydrogen-bond donors (Lipinski definition) is 2. The molecule has 0 bridgehead atoms. The molecule has 0 unspecified atom stereocenters. The fourth-order valence-corrected chi connectivity index (χ4v) is 5.01. The molecule has 8 nitrogen and oxygen atoms in total. The van der Waals surface area contributed by atoms with E-state index in [1.165, 1.54) is 22.6 Å². The maximum atomic E-state index is 12.3. The van der Waals surface area contributed by atoms with Gasteiger partial charge in [-0.1, -0.05) is 29.8 Å². The van der Waals surface area contributed by atoms with E-state index in [1.54, 1.807) is 30.6 Å². The van der Waals surface area contributed by atoms with Crippen molar-refractivity contribution in [2.45, 2.75) is 0 Å². The highest BCUT2D eigenvalue weighted by Crippen LogP contribution is 2.39. The van der Waals surface area contributed by atoms with Crippen LogP contribution >= 0.6 is 22.9 Å². The molecular formula is C23H18ClN7OS. The first-order chi connectivity index (χ1) is 15.9. The zero-order valence-electron chi connectivity index (χ0n) is 17.4. The van der Waals surface area contributed by atoms with E-state index in [2.05, 4.69) is 15.0 Å². The van der Waals surface area contributed by atoms with Crippen LogP contribution in [0.1, 0.15) is 0 Å². The number of carbonyl (C=O) groups excluding carboxylic acids is 1. The van der Waals surface area contributed by atoms with Crippen molar-refractivity contribution >= 4 is 56.4 Å². The lowest BCUT2D eigenvalue weighted by Gasteiger charge is -2.21. The molecule has 2 amide bonds. The summed E-state index contributed by atoms with van der Waals surface area (Å²) in [5, 5.41) is 1.31. The third-order valence-electron chi connectivity index (χ3n) is 5.20. The number of anilines is 3. The highest BCUT2D eigenvalue weighted by atomic mass is 35.5. The Balaban J connectivity index is 1.62. The number of carbonyl (C=O) groups is 1. The van der Waals surface area contributed by atoms with Crippen molar-refractivity contribution in [2.75, 3.05) is 10.6 Å².